The smallest absolute Gasteiger partial charge is 0.335 e. The van der Waals surface area contributed by atoms with Crippen LogP contribution in [-0.4, -0.2) is 26.7 Å². The number of aromatic nitrogens is 2. The van der Waals surface area contributed by atoms with Crippen molar-refractivity contribution in [3.8, 4) is 0 Å². The van der Waals surface area contributed by atoms with Gasteiger partial charge in [-0.25, -0.2) is 14.0 Å². The highest BCUT2D eigenvalue weighted by Crippen LogP contribution is 2.17. The Bertz CT molecular complexity index is 617. The van der Waals surface area contributed by atoms with Gasteiger partial charge in [-0.05, 0) is 18.2 Å². The van der Waals surface area contributed by atoms with Crippen LogP contribution in [0.1, 0.15) is 10.4 Å². The second-order valence-electron chi connectivity index (χ2n) is 3.36. The second kappa shape index (κ2) is 5.40. The first-order valence-corrected chi connectivity index (χ1v) is 5.72. The van der Waals surface area contributed by atoms with Gasteiger partial charge >= 0.3 is 12.0 Å². The van der Waals surface area contributed by atoms with E-state index >= 15 is 0 Å². The number of nitrogens with one attached hydrogen (secondary N) is 2. The summed E-state index contributed by atoms with van der Waals surface area (Å²) in [5, 5.41) is 17.3. The van der Waals surface area contributed by atoms with E-state index in [1.54, 1.807) is 0 Å². The first kappa shape index (κ1) is 12.9. The Morgan fingerprint density at radius 1 is 1.32 bits per heavy atom. The van der Waals surface area contributed by atoms with Gasteiger partial charge in [0.15, 0.2) is 0 Å². The van der Waals surface area contributed by atoms with E-state index in [0.717, 1.165) is 29.7 Å². The SMILES string of the molecule is O=C(Nc1cnns1)Nc1cc(C(=O)O)ccc1F. The molecule has 19 heavy (non-hydrogen) atoms. The summed E-state index contributed by atoms with van der Waals surface area (Å²) >= 11 is 0.953. The molecule has 0 aliphatic rings. The van der Waals surface area contributed by atoms with Crippen molar-refractivity contribution in [2.75, 3.05) is 10.6 Å². The molecule has 0 saturated heterocycles. The quantitative estimate of drug-likeness (QED) is 0.798. The maximum Gasteiger partial charge on any atom is 0.335 e. The number of nitrogens with zero attached hydrogens (tertiary/aromatic N) is 2. The number of anilines is 2. The van der Waals surface area contributed by atoms with E-state index in [2.05, 4.69) is 20.2 Å². The molecule has 2 aromatic rings. The maximum absolute atomic E-state index is 13.4. The highest BCUT2D eigenvalue weighted by molar-refractivity contribution is 7.10. The fraction of sp³-hybridized carbons (Fsp3) is 0. The number of aromatic carboxylic acids is 1. The van der Waals surface area contributed by atoms with Crippen molar-refractivity contribution in [1.82, 2.24) is 9.59 Å². The minimum absolute atomic E-state index is 0.129. The highest BCUT2D eigenvalue weighted by Gasteiger charge is 2.11. The van der Waals surface area contributed by atoms with Crippen LogP contribution in [0.2, 0.25) is 0 Å². The van der Waals surface area contributed by atoms with Gasteiger partial charge in [0.25, 0.3) is 0 Å². The molecule has 3 N–H and O–H groups in total. The largest absolute Gasteiger partial charge is 0.478 e. The molecular weight excluding hydrogens is 275 g/mol. The predicted octanol–water partition coefficient (Wildman–Crippen LogP) is 2.02. The third-order valence-electron chi connectivity index (χ3n) is 2.06. The van der Waals surface area contributed by atoms with Gasteiger partial charge < -0.3 is 10.4 Å². The van der Waals surface area contributed by atoms with Crippen LogP contribution >= 0.6 is 11.5 Å². The molecule has 98 valence electrons. The number of hydrogen-bond donors (Lipinski definition) is 3. The first-order chi connectivity index (χ1) is 9.06. The Hall–Kier alpha value is -2.55. The summed E-state index contributed by atoms with van der Waals surface area (Å²) in [7, 11) is 0. The van der Waals surface area contributed by atoms with E-state index in [-0.39, 0.29) is 11.3 Å². The molecule has 2 amide bonds. The van der Waals surface area contributed by atoms with Gasteiger partial charge in [0.1, 0.15) is 10.8 Å². The standard InChI is InChI=1S/C10H7FN4O3S/c11-6-2-1-5(9(16)17)3-7(6)13-10(18)14-8-4-12-15-19-8/h1-4H,(H,16,17)(H2,13,14,18). The van der Waals surface area contributed by atoms with E-state index in [9.17, 15) is 14.0 Å². The van der Waals surface area contributed by atoms with Gasteiger partial charge in [0, 0.05) is 11.5 Å². The Labute approximate surface area is 110 Å². The lowest BCUT2D eigenvalue weighted by molar-refractivity contribution is 0.0697. The van der Waals surface area contributed by atoms with E-state index in [0.29, 0.717) is 5.00 Å². The number of hydrogen-bond acceptors (Lipinski definition) is 5. The van der Waals surface area contributed by atoms with Crippen molar-refractivity contribution < 1.29 is 19.1 Å². The van der Waals surface area contributed by atoms with Gasteiger partial charge in [-0.2, -0.15) is 0 Å². The molecule has 0 spiro atoms. The summed E-state index contributed by atoms with van der Waals surface area (Å²) in [6, 6.07) is 2.39. The molecule has 0 unspecified atom stereocenters. The van der Waals surface area contributed by atoms with Crippen molar-refractivity contribution in [3.05, 3.63) is 35.8 Å². The normalized spacial score (nSPS) is 9.95. The number of benzene rings is 1. The van der Waals surface area contributed by atoms with Gasteiger partial charge in [-0.1, -0.05) is 4.49 Å². The van der Waals surface area contributed by atoms with E-state index in [1.165, 1.54) is 6.20 Å². The summed E-state index contributed by atoms with van der Waals surface area (Å²) in [5.74, 6) is -1.95. The van der Waals surface area contributed by atoms with Gasteiger partial charge in [0.05, 0.1) is 17.4 Å². The third-order valence-corrected chi connectivity index (χ3v) is 2.64. The van der Waals surface area contributed by atoms with Crippen molar-refractivity contribution in [3.63, 3.8) is 0 Å². The lowest BCUT2D eigenvalue weighted by Crippen LogP contribution is -2.19. The van der Waals surface area contributed by atoms with Crippen molar-refractivity contribution in [2.24, 2.45) is 0 Å². The van der Waals surface area contributed by atoms with Crippen LogP contribution < -0.4 is 10.6 Å². The summed E-state index contributed by atoms with van der Waals surface area (Å²) in [6.45, 7) is 0. The Morgan fingerprint density at radius 3 is 2.74 bits per heavy atom. The number of carboxylic acids is 1. The lowest BCUT2D eigenvalue weighted by Gasteiger charge is -2.07. The Kier molecular flexibility index (Phi) is 3.66. The molecule has 7 nitrogen and oxygen atoms in total. The molecule has 0 atom stereocenters. The van der Waals surface area contributed by atoms with Crippen molar-refractivity contribution in [2.45, 2.75) is 0 Å². The molecule has 2 rings (SSSR count). The molecule has 0 fully saturated rings. The number of urea groups is 1. The number of halogens is 1. The first-order valence-electron chi connectivity index (χ1n) is 4.94. The van der Waals surface area contributed by atoms with Gasteiger partial charge in [0.2, 0.25) is 0 Å². The Morgan fingerprint density at radius 2 is 2.11 bits per heavy atom. The third kappa shape index (κ3) is 3.22. The van der Waals surface area contributed by atoms with Crippen LogP contribution in [0.3, 0.4) is 0 Å². The molecule has 0 bridgehead atoms. The topological polar surface area (TPSA) is 104 Å². The average Bonchev–Trinajstić information content (AvgIpc) is 2.84. The number of carboxylic acid groups (broad SMARTS) is 1. The maximum atomic E-state index is 13.4. The van der Waals surface area contributed by atoms with Crippen LogP contribution in [0.5, 0.6) is 0 Å². The van der Waals surface area contributed by atoms with Crippen molar-refractivity contribution >= 4 is 34.2 Å². The Balaban J connectivity index is 2.11. The monoisotopic (exact) mass is 282 g/mol. The fourth-order valence-electron chi connectivity index (χ4n) is 1.24. The number of rotatable bonds is 3. The number of carbonyl (C=O) groups is 2. The zero-order chi connectivity index (χ0) is 13.8. The molecule has 0 radical (unpaired) electrons. The van der Waals surface area contributed by atoms with Crippen molar-refractivity contribution in [1.29, 1.82) is 0 Å². The second-order valence-corrected chi connectivity index (χ2v) is 4.15. The van der Waals surface area contributed by atoms with Crippen LogP contribution in [0.25, 0.3) is 0 Å². The number of amides is 2. The minimum atomic E-state index is -1.21. The summed E-state index contributed by atoms with van der Waals surface area (Å²) < 4.78 is 16.9. The molecule has 1 heterocycles. The summed E-state index contributed by atoms with van der Waals surface area (Å²) in [6.07, 6.45) is 1.33. The van der Waals surface area contributed by atoms with Crippen LogP contribution in [0, 0.1) is 5.82 Å². The molecule has 1 aromatic carbocycles. The lowest BCUT2D eigenvalue weighted by atomic mass is 10.2. The minimum Gasteiger partial charge on any atom is -0.478 e. The van der Waals surface area contributed by atoms with E-state index in [1.807, 2.05) is 0 Å². The average molecular weight is 282 g/mol. The number of carbonyl (C=O) groups excluding carboxylic acids is 1. The van der Waals surface area contributed by atoms with E-state index in [4.69, 9.17) is 5.11 Å². The zero-order valence-electron chi connectivity index (χ0n) is 9.25. The summed E-state index contributed by atoms with van der Waals surface area (Å²) in [5.41, 5.74) is -0.356. The predicted molar refractivity (Wildman–Crippen MR) is 65.9 cm³/mol. The van der Waals surface area contributed by atoms with Crippen LogP contribution in [-0.2, 0) is 0 Å². The zero-order valence-corrected chi connectivity index (χ0v) is 10.1. The highest BCUT2D eigenvalue weighted by atomic mass is 32.1. The van der Waals surface area contributed by atoms with Gasteiger partial charge in [-0.15, -0.1) is 5.10 Å². The molecule has 0 aliphatic carbocycles. The fourth-order valence-corrected chi connectivity index (χ4v) is 1.66. The van der Waals surface area contributed by atoms with E-state index < -0.39 is 17.8 Å². The van der Waals surface area contributed by atoms with Crippen LogP contribution in [0.4, 0.5) is 19.9 Å². The molecule has 9 heteroatoms. The molecular formula is C10H7FN4O3S. The van der Waals surface area contributed by atoms with Gasteiger partial charge in [-0.3, -0.25) is 5.32 Å². The molecule has 0 aliphatic heterocycles. The molecule has 1 aromatic heterocycles. The summed E-state index contributed by atoms with van der Waals surface area (Å²) in [4.78, 5) is 22.3. The van der Waals surface area contributed by atoms with Crippen LogP contribution in [0.15, 0.2) is 24.4 Å². The molecule has 0 saturated carbocycles.